The average molecular weight is 497 g/mol. The predicted octanol–water partition coefficient (Wildman–Crippen LogP) is 1.49. The third kappa shape index (κ3) is 16.2. The Labute approximate surface area is 290 Å². The minimum absolute atomic E-state index is 0. The molecule has 142 valence electrons. The summed E-state index contributed by atoms with van der Waals surface area (Å²) in [7, 11) is -9.63. The molecular weight excluding hydrogens is 469 g/mol. The molecule has 6 nitrogen and oxygen atoms in total. The van der Waals surface area contributed by atoms with Crippen molar-refractivity contribution < 1.29 is 27.3 Å². The van der Waals surface area contributed by atoms with Crippen molar-refractivity contribution in [2.75, 3.05) is 0 Å². The molecule has 1 rings (SSSR count). The molecule has 0 spiro atoms. The van der Waals surface area contributed by atoms with E-state index in [0.29, 0.717) is 6.42 Å². The van der Waals surface area contributed by atoms with Crippen molar-refractivity contribution in [1.29, 1.82) is 0 Å². The van der Waals surface area contributed by atoms with Crippen molar-refractivity contribution in [3.05, 3.63) is 47.0 Å². The van der Waals surface area contributed by atoms with E-state index in [1.165, 1.54) is 11.1 Å². The molecule has 0 bridgehead atoms. The van der Waals surface area contributed by atoms with Crippen molar-refractivity contribution in [3.63, 3.8) is 0 Å². The van der Waals surface area contributed by atoms with Crippen molar-refractivity contribution >= 4 is 172 Å². The molecular formula is C16H28K3O6PS. The zero-order valence-electron chi connectivity index (χ0n) is 13.9. The zero-order valence-corrected chi connectivity index (χ0v) is 15.6. The van der Waals surface area contributed by atoms with E-state index in [-0.39, 0.29) is 167 Å². The molecule has 3 N–H and O–H groups in total. The molecule has 0 fully saturated rings. The summed E-state index contributed by atoms with van der Waals surface area (Å²) >= 11 is 0. The van der Waals surface area contributed by atoms with Gasteiger partial charge in [-0.25, -0.2) is 0 Å². The molecule has 0 aliphatic heterocycles. The van der Waals surface area contributed by atoms with E-state index >= 15 is 0 Å². The summed E-state index contributed by atoms with van der Waals surface area (Å²) in [6.07, 6.45) is 4.22. The van der Waals surface area contributed by atoms with Gasteiger partial charge in [0.25, 0.3) is 10.1 Å². The van der Waals surface area contributed by atoms with E-state index in [4.69, 9.17) is 14.3 Å². The molecule has 0 aliphatic carbocycles. The summed E-state index contributed by atoms with van der Waals surface area (Å²) in [6, 6.07) is 8.25. The van der Waals surface area contributed by atoms with E-state index in [2.05, 4.69) is 12.1 Å². The molecule has 0 aliphatic rings. The van der Waals surface area contributed by atoms with Gasteiger partial charge in [-0.05, 0) is 51.5 Å². The Morgan fingerprint density at radius 3 is 2.30 bits per heavy atom. The maximum atomic E-state index is 11.1. The Hall–Kier alpha value is 3.93. The minimum atomic E-state index is -4.88. The van der Waals surface area contributed by atoms with Crippen LogP contribution in [-0.4, -0.2) is 182 Å². The van der Waals surface area contributed by atoms with Gasteiger partial charge in [0.05, 0.1) is 0 Å². The molecule has 1 atom stereocenters. The van der Waals surface area contributed by atoms with Crippen molar-refractivity contribution in [2.24, 2.45) is 0 Å². The van der Waals surface area contributed by atoms with Crippen molar-refractivity contribution in [3.8, 4) is 0 Å². The fourth-order valence-electron chi connectivity index (χ4n) is 2.44. The number of hydrogen-bond donors (Lipinski definition) is 3. The second kappa shape index (κ2) is 17.4. The Balaban J connectivity index is -0.00000192. The summed E-state index contributed by atoms with van der Waals surface area (Å²) in [4.78, 5) is 16.0. The summed E-state index contributed by atoms with van der Waals surface area (Å²) in [5.41, 5.74) is 3.59. The number of allylic oxidation sites excluding steroid dienone is 2. The number of benzene rings is 1. The van der Waals surface area contributed by atoms with Gasteiger partial charge in [0.1, 0.15) is 0 Å². The van der Waals surface area contributed by atoms with Crippen molar-refractivity contribution in [1.82, 2.24) is 0 Å². The molecule has 0 radical (unpaired) electrons. The Morgan fingerprint density at radius 2 is 1.81 bits per heavy atom. The van der Waals surface area contributed by atoms with Gasteiger partial charge < -0.3 is 9.79 Å². The summed E-state index contributed by atoms with van der Waals surface area (Å²) in [5, 5.41) is 0. The summed E-state index contributed by atoms with van der Waals surface area (Å²) in [6.45, 7) is 4.01. The molecule has 1 aromatic rings. The van der Waals surface area contributed by atoms with Gasteiger partial charge in [-0.15, -0.1) is 0 Å². The molecule has 1 unspecified atom stereocenters. The van der Waals surface area contributed by atoms with Crippen LogP contribution in [0.3, 0.4) is 0 Å². The second-order valence-electron chi connectivity index (χ2n) is 6.03. The van der Waals surface area contributed by atoms with Crippen LogP contribution in [0.15, 0.2) is 35.9 Å². The number of hydrogen-bond acceptors (Lipinski definition) is 3. The first kappa shape index (κ1) is 35.5. The zero-order chi connectivity index (χ0) is 18.4. The molecule has 0 saturated heterocycles. The quantitative estimate of drug-likeness (QED) is 0.157. The van der Waals surface area contributed by atoms with Crippen LogP contribution in [0.4, 0.5) is 0 Å². The van der Waals surface area contributed by atoms with Crippen LogP contribution >= 0.6 is 7.60 Å². The molecule has 0 amide bonds. The van der Waals surface area contributed by atoms with Gasteiger partial charge in [-0.2, -0.15) is 8.42 Å². The van der Waals surface area contributed by atoms with Crippen LogP contribution in [0, 0.1) is 6.92 Å². The first-order valence-electron chi connectivity index (χ1n) is 7.73. The van der Waals surface area contributed by atoms with Crippen LogP contribution in [0.25, 0.3) is 0 Å². The van der Waals surface area contributed by atoms with Gasteiger partial charge in [0.15, 0.2) is 4.99 Å². The Kier molecular flexibility index (Phi) is 22.9. The number of rotatable bonds is 9. The molecule has 1 aromatic carbocycles. The van der Waals surface area contributed by atoms with Crippen LogP contribution in [-0.2, 0) is 21.1 Å². The summed E-state index contributed by atoms with van der Waals surface area (Å²) < 4.78 is 42.1. The Bertz CT molecular complexity index is 733. The van der Waals surface area contributed by atoms with Crippen LogP contribution < -0.4 is 0 Å². The maximum absolute atomic E-state index is 11.1. The molecule has 11 heteroatoms. The van der Waals surface area contributed by atoms with Crippen molar-refractivity contribution in [2.45, 2.75) is 50.9 Å². The summed E-state index contributed by atoms with van der Waals surface area (Å²) in [5.74, 6) is 0. The third-order valence-corrected chi connectivity index (χ3v) is 7.31. The van der Waals surface area contributed by atoms with Crippen LogP contribution in [0.5, 0.6) is 0 Å². The van der Waals surface area contributed by atoms with Gasteiger partial charge in [-0.3, -0.25) is 9.12 Å². The van der Waals surface area contributed by atoms with E-state index in [1.54, 1.807) is 0 Å². The van der Waals surface area contributed by atoms with E-state index < -0.39 is 22.7 Å². The second-order valence-corrected chi connectivity index (χ2v) is 9.78. The fourth-order valence-corrected chi connectivity index (χ4v) is 4.81. The SMILES string of the molecule is C/C(=C\CCCC(P(=O)(O)O)S(=O)(=O)O)CCc1cccc(C)c1.[KH].[KH].[KH]. The fraction of sp³-hybridized carbons (Fsp3) is 0.500. The molecule has 0 saturated carbocycles. The van der Waals surface area contributed by atoms with Crippen LogP contribution in [0.1, 0.15) is 43.7 Å². The first-order valence-corrected chi connectivity index (χ1v) is 10.9. The molecule has 0 aromatic heterocycles. The predicted molar refractivity (Wildman–Crippen MR) is 116 cm³/mol. The average Bonchev–Trinajstić information content (AvgIpc) is 2.42. The van der Waals surface area contributed by atoms with E-state index in [1.807, 2.05) is 32.1 Å². The number of unbranched alkanes of at least 4 members (excludes halogenated alkanes) is 1. The monoisotopic (exact) mass is 496 g/mol. The van der Waals surface area contributed by atoms with Gasteiger partial charge in [-0.1, -0.05) is 41.5 Å². The standard InChI is InChI=1S/C16H25O6PS.3K.3H/c1-13(10-11-15-8-5-7-14(2)12-15)6-3-4-9-16(23(17,18)19)24(20,21)22;;;;;;/h5-8,12,16H,3-4,9-11H2,1-2H3,(H2,17,18,19)(H,20,21,22);;;;;;/b13-6+;;;;;;. The number of aryl methyl sites for hydroxylation is 2. The third-order valence-electron chi connectivity index (χ3n) is 3.76. The van der Waals surface area contributed by atoms with E-state index in [0.717, 1.165) is 18.4 Å². The topological polar surface area (TPSA) is 112 Å². The normalized spacial score (nSPS) is 13.0. The van der Waals surface area contributed by atoms with Gasteiger partial charge in [0, 0.05) is 0 Å². The molecule has 27 heavy (non-hydrogen) atoms. The van der Waals surface area contributed by atoms with Gasteiger partial charge >= 0.3 is 162 Å². The first-order chi connectivity index (χ1) is 11.0. The van der Waals surface area contributed by atoms with Gasteiger partial charge in [0.2, 0.25) is 0 Å². The van der Waals surface area contributed by atoms with Crippen LogP contribution in [0.2, 0.25) is 0 Å². The molecule has 0 heterocycles. The van der Waals surface area contributed by atoms with E-state index in [9.17, 15) is 13.0 Å². The Morgan fingerprint density at radius 1 is 1.22 bits per heavy atom.